The molecule has 4 nitrogen and oxygen atoms in total. The van der Waals surface area contributed by atoms with Crippen LogP contribution in [0.5, 0.6) is 0 Å². The Labute approximate surface area is 140 Å². The highest BCUT2D eigenvalue weighted by Crippen LogP contribution is 2.24. The molecule has 0 saturated carbocycles. The monoisotopic (exact) mass is 329 g/mol. The fraction of sp³-hybridized carbons (Fsp3) is 0.263. The van der Waals surface area contributed by atoms with E-state index in [9.17, 15) is 14.0 Å². The molecule has 0 aromatic heterocycles. The smallest absolute Gasteiger partial charge is 0.339 e. The van der Waals surface area contributed by atoms with Gasteiger partial charge in [-0.25, -0.2) is 9.18 Å². The SMILES string of the molecule is CC(C)(C)c1ccc(C(=O)O[C@H](C(N)=O)c2ccc(F)cc2)cc1. The van der Waals surface area contributed by atoms with Crippen molar-refractivity contribution in [2.75, 3.05) is 0 Å². The number of ether oxygens (including phenoxy) is 1. The van der Waals surface area contributed by atoms with Gasteiger partial charge in [-0.1, -0.05) is 45.0 Å². The summed E-state index contributed by atoms with van der Waals surface area (Å²) in [5.74, 6) is -1.93. The summed E-state index contributed by atoms with van der Waals surface area (Å²) in [5, 5.41) is 0. The van der Waals surface area contributed by atoms with E-state index in [-0.39, 0.29) is 5.41 Å². The summed E-state index contributed by atoms with van der Waals surface area (Å²) in [6.07, 6.45) is -1.26. The van der Waals surface area contributed by atoms with Gasteiger partial charge in [0, 0.05) is 5.56 Å². The zero-order valence-corrected chi connectivity index (χ0v) is 13.9. The molecule has 0 heterocycles. The van der Waals surface area contributed by atoms with Crippen molar-refractivity contribution >= 4 is 11.9 Å². The van der Waals surface area contributed by atoms with Crippen molar-refractivity contribution in [3.63, 3.8) is 0 Å². The summed E-state index contributed by atoms with van der Waals surface area (Å²) in [7, 11) is 0. The predicted octanol–water partition coefficient (Wildman–Crippen LogP) is 3.51. The standard InChI is InChI=1S/C19H20FNO3/c1-19(2,3)14-8-4-13(5-9-14)18(23)24-16(17(21)22)12-6-10-15(20)11-7-12/h4-11,16H,1-3H3,(H2,21,22)/t16-/m0/s1. The van der Waals surface area contributed by atoms with Gasteiger partial charge in [-0.3, -0.25) is 4.79 Å². The van der Waals surface area contributed by atoms with Crippen molar-refractivity contribution < 1.29 is 18.7 Å². The number of hydrogen-bond acceptors (Lipinski definition) is 3. The maximum Gasteiger partial charge on any atom is 0.339 e. The molecule has 0 fully saturated rings. The number of halogens is 1. The van der Waals surface area contributed by atoms with Gasteiger partial charge >= 0.3 is 5.97 Å². The normalized spacial score (nSPS) is 12.5. The Morgan fingerprint density at radius 1 is 1.00 bits per heavy atom. The molecule has 2 rings (SSSR count). The van der Waals surface area contributed by atoms with Crippen molar-refractivity contribution in [1.82, 2.24) is 0 Å². The van der Waals surface area contributed by atoms with Crippen molar-refractivity contribution in [2.45, 2.75) is 32.3 Å². The van der Waals surface area contributed by atoms with E-state index in [1.165, 1.54) is 24.3 Å². The summed E-state index contributed by atoms with van der Waals surface area (Å²) < 4.78 is 18.2. The van der Waals surface area contributed by atoms with E-state index < -0.39 is 23.8 Å². The number of amides is 1. The zero-order valence-electron chi connectivity index (χ0n) is 13.9. The van der Waals surface area contributed by atoms with Crippen molar-refractivity contribution in [3.05, 3.63) is 71.0 Å². The van der Waals surface area contributed by atoms with E-state index in [1.807, 2.05) is 12.1 Å². The highest BCUT2D eigenvalue weighted by Gasteiger charge is 2.24. The molecule has 0 radical (unpaired) electrons. The van der Waals surface area contributed by atoms with Crippen LogP contribution in [-0.4, -0.2) is 11.9 Å². The number of benzene rings is 2. The lowest BCUT2D eigenvalue weighted by molar-refractivity contribution is -0.127. The second-order valence-corrected chi connectivity index (χ2v) is 6.57. The van der Waals surface area contributed by atoms with Gasteiger partial charge in [0.2, 0.25) is 6.10 Å². The topological polar surface area (TPSA) is 69.4 Å². The van der Waals surface area contributed by atoms with Gasteiger partial charge in [-0.15, -0.1) is 0 Å². The van der Waals surface area contributed by atoms with E-state index in [4.69, 9.17) is 10.5 Å². The summed E-state index contributed by atoms with van der Waals surface area (Å²) >= 11 is 0. The van der Waals surface area contributed by atoms with Crippen molar-refractivity contribution in [1.29, 1.82) is 0 Å². The third-order valence-corrected chi connectivity index (χ3v) is 3.64. The molecule has 0 saturated heterocycles. The predicted molar refractivity (Wildman–Crippen MR) is 88.9 cm³/mol. The van der Waals surface area contributed by atoms with Crippen molar-refractivity contribution in [3.8, 4) is 0 Å². The summed E-state index contributed by atoms with van der Waals surface area (Å²) in [6.45, 7) is 6.20. The average Bonchev–Trinajstić information content (AvgIpc) is 2.52. The molecule has 2 aromatic carbocycles. The maximum absolute atomic E-state index is 13.0. The lowest BCUT2D eigenvalue weighted by atomic mass is 9.87. The van der Waals surface area contributed by atoms with Crippen LogP contribution in [-0.2, 0) is 14.9 Å². The van der Waals surface area contributed by atoms with E-state index >= 15 is 0 Å². The first-order valence-electron chi connectivity index (χ1n) is 7.55. The van der Waals surface area contributed by atoms with E-state index in [1.54, 1.807) is 12.1 Å². The minimum Gasteiger partial charge on any atom is -0.444 e. The summed E-state index contributed by atoms with van der Waals surface area (Å²) in [5.41, 5.74) is 6.98. The minimum absolute atomic E-state index is 0.0354. The summed E-state index contributed by atoms with van der Waals surface area (Å²) in [6, 6.07) is 12.1. The van der Waals surface area contributed by atoms with Gasteiger partial charge in [0.05, 0.1) is 5.56 Å². The molecule has 0 aliphatic heterocycles. The fourth-order valence-corrected chi connectivity index (χ4v) is 2.21. The van der Waals surface area contributed by atoms with Gasteiger partial charge in [-0.05, 0) is 35.2 Å². The third-order valence-electron chi connectivity index (χ3n) is 3.64. The first kappa shape index (κ1) is 17.7. The number of nitrogens with two attached hydrogens (primary N) is 1. The number of esters is 1. The molecule has 2 N–H and O–H groups in total. The molecule has 2 aromatic rings. The zero-order chi connectivity index (χ0) is 17.9. The molecule has 0 aliphatic rings. The van der Waals surface area contributed by atoms with Crippen LogP contribution in [0.2, 0.25) is 0 Å². The molecule has 0 spiro atoms. The lowest BCUT2D eigenvalue weighted by Crippen LogP contribution is -2.26. The Kier molecular flexibility index (Phi) is 5.02. The number of carbonyl (C=O) groups excluding carboxylic acids is 2. The Bertz CT molecular complexity index is 731. The second-order valence-electron chi connectivity index (χ2n) is 6.57. The van der Waals surface area contributed by atoms with E-state index in [2.05, 4.69) is 20.8 Å². The highest BCUT2D eigenvalue weighted by atomic mass is 19.1. The molecule has 1 amide bonds. The van der Waals surface area contributed by atoms with Crippen LogP contribution < -0.4 is 5.73 Å². The highest BCUT2D eigenvalue weighted by molar-refractivity contribution is 5.92. The fourth-order valence-electron chi connectivity index (χ4n) is 2.21. The molecule has 24 heavy (non-hydrogen) atoms. The van der Waals surface area contributed by atoms with Gasteiger partial charge in [0.1, 0.15) is 5.82 Å². The van der Waals surface area contributed by atoms with Crippen LogP contribution in [0.15, 0.2) is 48.5 Å². The third kappa shape index (κ3) is 4.19. The molecular formula is C19H20FNO3. The van der Waals surface area contributed by atoms with Crippen LogP contribution in [0, 0.1) is 5.82 Å². The number of primary amides is 1. The van der Waals surface area contributed by atoms with Crippen LogP contribution in [0.4, 0.5) is 4.39 Å². The second kappa shape index (κ2) is 6.83. The average molecular weight is 329 g/mol. The van der Waals surface area contributed by atoms with E-state index in [0.29, 0.717) is 11.1 Å². The molecule has 5 heteroatoms. The van der Waals surface area contributed by atoms with E-state index in [0.717, 1.165) is 5.56 Å². The Balaban J connectivity index is 2.19. The first-order chi connectivity index (χ1) is 11.2. The van der Waals surface area contributed by atoms with Gasteiger partial charge in [0.25, 0.3) is 5.91 Å². The number of carbonyl (C=O) groups is 2. The molecule has 126 valence electrons. The van der Waals surface area contributed by atoms with Crippen LogP contribution in [0.1, 0.15) is 48.4 Å². The molecule has 0 bridgehead atoms. The van der Waals surface area contributed by atoms with Crippen LogP contribution in [0.25, 0.3) is 0 Å². The largest absolute Gasteiger partial charge is 0.444 e. The molecular weight excluding hydrogens is 309 g/mol. The van der Waals surface area contributed by atoms with Crippen molar-refractivity contribution in [2.24, 2.45) is 5.73 Å². The van der Waals surface area contributed by atoms with Gasteiger partial charge in [0.15, 0.2) is 0 Å². The molecule has 0 aliphatic carbocycles. The van der Waals surface area contributed by atoms with Crippen LogP contribution in [0.3, 0.4) is 0 Å². The Morgan fingerprint density at radius 3 is 2.00 bits per heavy atom. The Hall–Kier alpha value is -2.69. The summed E-state index contributed by atoms with van der Waals surface area (Å²) in [4.78, 5) is 23.8. The minimum atomic E-state index is -1.26. The molecule has 1 atom stereocenters. The Morgan fingerprint density at radius 2 is 1.54 bits per heavy atom. The first-order valence-corrected chi connectivity index (χ1v) is 7.55. The quantitative estimate of drug-likeness (QED) is 0.873. The van der Waals surface area contributed by atoms with Crippen LogP contribution >= 0.6 is 0 Å². The van der Waals surface area contributed by atoms with Gasteiger partial charge < -0.3 is 10.5 Å². The van der Waals surface area contributed by atoms with Gasteiger partial charge in [-0.2, -0.15) is 0 Å². The number of rotatable bonds is 4. The maximum atomic E-state index is 13.0. The lowest BCUT2D eigenvalue weighted by Gasteiger charge is -2.19. The molecule has 0 unspecified atom stereocenters. The number of hydrogen-bond donors (Lipinski definition) is 1.